The van der Waals surface area contributed by atoms with Gasteiger partial charge in [-0.2, -0.15) is 57.1 Å². The lowest BCUT2D eigenvalue weighted by Crippen LogP contribution is -2.70. The standard InChI is InChI=1S/C22H35F13NO3/c1-3-4-5-6-7-8-10-36(2,11-12-37)14-16(38)15-39-13-9-17(23,24)18(25,26)19(27,28)20(29,30)21(31,32)22(33,34)35/h16,37-38H,3-15H2,1-2H3/q+1. The number of likely N-dealkylation sites (N-methyl/N-ethyl adjacent to an activating group) is 1. The predicted molar refractivity (Wildman–Crippen MR) is 113 cm³/mol. The van der Waals surface area contributed by atoms with E-state index in [0.29, 0.717) is 13.0 Å². The quantitative estimate of drug-likeness (QED) is 0.0971. The molecule has 0 saturated carbocycles. The number of alkyl halides is 13. The lowest BCUT2D eigenvalue weighted by molar-refractivity contribution is -0.913. The maximum Gasteiger partial charge on any atom is 0.460 e. The Kier molecular flexibility index (Phi) is 13.8. The zero-order valence-corrected chi connectivity index (χ0v) is 21.4. The molecule has 2 unspecified atom stereocenters. The van der Waals surface area contributed by atoms with Crippen LogP contribution in [0.15, 0.2) is 0 Å². The van der Waals surface area contributed by atoms with Crippen LogP contribution in [0.5, 0.6) is 0 Å². The van der Waals surface area contributed by atoms with Crippen molar-refractivity contribution in [3.63, 3.8) is 0 Å². The third-order valence-electron chi connectivity index (χ3n) is 6.21. The van der Waals surface area contributed by atoms with Gasteiger partial charge in [-0.05, 0) is 12.8 Å². The summed E-state index contributed by atoms with van der Waals surface area (Å²) in [5.74, 6) is -37.1. The van der Waals surface area contributed by atoms with Crippen molar-refractivity contribution in [1.29, 1.82) is 0 Å². The van der Waals surface area contributed by atoms with Crippen molar-refractivity contribution in [3.05, 3.63) is 0 Å². The Morgan fingerprint density at radius 2 is 1.18 bits per heavy atom. The van der Waals surface area contributed by atoms with E-state index in [2.05, 4.69) is 4.74 Å². The van der Waals surface area contributed by atoms with Gasteiger partial charge in [0.05, 0.1) is 33.4 Å². The molecular weight excluding hydrogens is 573 g/mol. The summed E-state index contributed by atoms with van der Waals surface area (Å²) in [6.45, 7) is -0.0957. The molecule has 0 rings (SSSR count). The number of unbranched alkanes of at least 4 members (excludes halogenated alkanes) is 5. The molecule has 0 aliphatic rings. The van der Waals surface area contributed by atoms with E-state index in [0.717, 1.165) is 32.1 Å². The summed E-state index contributed by atoms with van der Waals surface area (Å²) in [6, 6.07) is 0. The maximum absolute atomic E-state index is 13.8. The van der Waals surface area contributed by atoms with Crippen LogP contribution in [-0.4, -0.2) is 103 Å². The second kappa shape index (κ2) is 14.2. The monoisotopic (exact) mass is 608 g/mol. The fourth-order valence-corrected chi connectivity index (χ4v) is 3.75. The Labute approximate surface area is 217 Å². The molecule has 0 amide bonds. The third kappa shape index (κ3) is 9.21. The van der Waals surface area contributed by atoms with Crippen LogP contribution in [0.2, 0.25) is 0 Å². The van der Waals surface area contributed by atoms with Crippen LogP contribution in [0.3, 0.4) is 0 Å². The van der Waals surface area contributed by atoms with E-state index in [1.807, 2.05) is 6.92 Å². The SMILES string of the molecule is CCCCCCCC[N+](C)(CCO)CC(O)COCCC(F)(F)C(F)(F)C(F)(F)C(F)(F)C(F)(F)C(F)(F)F. The molecule has 0 bridgehead atoms. The van der Waals surface area contributed by atoms with Crippen LogP contribution < -0.4 is 0 Å². The highest BCUT2D eigenvalue weighted by atomic mass is 19.4. The second-order valence-electron chi connectivity index (χ2n) is 9.72. The third-order valence-corrected chi connectivity index (χ3v) is 6.21. The van der Waals surface area contributed by atoms with Gasteiger partial charge in [-0.15, -0.1) is 0 Å². The molecule has 0 heterocycles. The molecule has 4 nitrogen and oxygen atoms in total. The molecule has 0 radical (unpaired) electrons. The van der Waals surface area contributed by atoms with Crippen molar-refractivity contribution < 1.29 is 76.5 Å². The average molecular weight is 609 g/mol. The summed E-state index contributed by atoms with van der Waals surface area (Å²) in [5.41, 5.74) is 0. The van der Waals surface area contributed by atoms with Crippen molar-refractivity contribution in [3.8, 4) is 0 Å². The predicted octanol–water partition coefficient (Wildman–Crippen LogP) is 6.29. The van der Waals surface area contributed by atoms with Crippen LogP contribution in [0.4, 0.5) is 57.1 Å². The van der Waals surface area contributed by atoms with Crippen LogP contribution in [0, 0.1) is 0 Å². The maximum atomic E-state index is 13.8. The van der Waals surface area contributed by atoms with Crippen molar-refractivity contribution in [1.82, 2.24) is 0 Å². The minimum Gasteiger partial charge on any atom is -0.391 e. The lowest BCUT2D eigenvalue weighted by Gasteiger charge is -2.39. The fourth-order valence-electron chi connectivity index (χ4n) is 3.75. The van der Waals surface area contributed by atoms with Gasteiger partial charge in [0.25, 0.3) is 0 Å². The summed E-state index contributed by atoms with van der Waals surface area (Å²) in [5, 5.41) is 19.4. The molecule has 0 aliphatic carbocycles. The van der Waals surface area contributed by atoms with Gasteiger partial charge in [-0.25, -0.2) is 0 Å². The number of nitrogens with zero attached hydrogens (tertiary/aromatic N) is 1. The summed E-state index contributed by atoms with van der Waals surface area (Å²) < 4.78 is 175. The normalized spacial score (nSPS) is 16.8. The Morgan fingerprint density at radius 3 is 1.67 bits per heavy atom. The van der Waals surface area contributed by atoms with Gasteiger partial charge >= 0.3 is 35.8 Å². The lowest BCUT2D eigenvalue weighted by atomic mass is 9.93. The summed E-state index contributed by atoms with van der Waals surface area (Å²) in [6.07, 6.45) is -5.73. The molecule has 2 atom stereocenters. The van der Waals surface area contributed by atoms with Crippen molar-refractivity contribution in [2.45, 2.75) is 93.8 Å². The van der Waals surface area contributed by atoms with Crippen molar-refractivity contribution >= 4 is 0 Å². The molecular formula is C22H35F13NO3+. The van der Waals surface area contributed by atoms with E-state index in [1.54, 1.807) is 7.05 Å². The minimum absolute atomic E-state index is 0.0950. The van der Waals surface area contributed by atoms with Gasteiger partial charge in [0.15, 0.2) is 0 Å². The van der Waals surface area contributed by atoms with Gasteiger partial charge < -0.3 is 19.4 Å². The number of ether oxygens (including phenoxy) is 1. The first-order chi connectivity index (χ1) is 17.5. The fraction of sp³-hybridized carbons (Fsp3) is 1.00. The molecule has 0 fully saturated rings. The van der Waals surface area contributed by atoms with Crippen molar-refractivity contribution in [2.24, 2.45) is 0 Å². The second-order valence-corrected chi connectivity index (χ2v) is 9.72. The molecule has 0 saturated heterocycles. The zero-order valence-electron chi connectivity index (χ0n) is 21.4. The highest BCUT2D eigenvalue weighted by Gasteiger charge is 2.90. The molecule has 0 aromatic carbocycles. The molecule has 17 heteroatoms. The number of rotatable bonds is 20. The van der Waals surface area contributed by atoms with Crippen LogP contribution in [0.25, 0.3) is 0 Å². The van der Waals surface area contributed by atoms with Crippen LogP contribution in [-0.2, 0) is 4.74 Å². The first kappa shape index (κ1) is 37.9. The summed E-state index contributed by atoms with van der Waals surface area (Å²) in [7, 11) is 1.65. The van der Waals surface area contributed by atoms with Gasteiger partial charge in [0.2, 0.25) is 0 Å². The number of aliphatic hydroxyl groups is 2. The summed E-state index contributed by atoms with van der Waals surface area (Å²) >= 11 is 0. The van der Waals surface area contributed by atoms with Gasteiger partial charge in [0.1, 0.15) is 19.2 Å². The van der Waals surface area contributed by atoms with Crippen LogP contribution >= 0.6 is 0 Å². The highest BCUT2D eigenvalue weighted by Crippen LogP contribution is 2.60. The van der Waals surface area contributed by atoms with E-state index in [4.69, 9.17) is 0 Å². The van der Waals surface area contributed by atoms with Crippen LogP contribution in [0.1, 0.15) is 51.9 Å². The van der Waals surface area contributed by atoms with Gasteiger partial charge in [-0.1, -0.05) is 32.6 Å². The Hall–Kier alpha value is -1.07. The van der Waals surface area contributed by atoms with E-state index in [1.165, 1.54) is 0 Å². The molecule has 0 spiro atoms. The largest absolute Gasteiger partial charge is 0.460 e. The van der Waals surface area contributed by atoms with Gasteiger partial charge in [-0.3, -0.25) is 0 Å². The molecule has 0 aromatic heterocycles. The Balaban J connectivity index is 5.14. The summed E-state index contributed by atoms with van der Waals surface area (Å²) in [4.78, 5) is 0. The van der Waals surface area contributed by atoms with Crippen molar-refractivity contribution in [2.75, 3.05) is 46.5 Å². The van der Waals surface area contributed by atoms with E-state index in [9.17, 15) is 67.3 Å². The number of aliphatic hydroxyl groups excluding tert-OH is 2. The zero-order chi connectivity index (χ0) is 31.0. The van der Waals surface area contributed by atoms with E-state index in [-0.39, 0.29) is 24.2 Å². The first-order valence-electron chi connectivity index (χ1n) is 12.1. The highest BCUT2D eigenvalue weighted by molar-refractivity contribution is 5.10. The number of quaternary nitrogens is 1. The Bertz CT molecular complexity index is 720. The van der Waals surface area contributed by atoms with Gasteiger partial charge in [0, 0.05) is 6.42 Å². The smallest absolute Gasteiger partial charge is 0.391 e. The number of hydrogen-bond donors (Lipinski definition) is 2. The molecule has 0 aromatic rings. The first-order valence-corrected chi connectivity index (χ1v) is 12.1. The molecule has 236 valence electrons. The molecule has 39 heavy (non-hydrogen) atoms. The average Bonchev–Trinajstić information content (AvgIpc) is 2.78. The Morgan fingerprint density at radius 1 is 0.692 bits per heavy atom. The molecule has 2 N–H and O–H groups in total. The number of halogens is 13. The number of hydrogen-bond acceptors (Lipinski definition) is 3. The molecule has 0 aliphatic heterocycles. The topological polar surface area (TPSA) is 49.7 Å². The van der Waals surface area contributed by atoms with E-state index >= 15 is 0 Å². The van der Waals surface area contributed by atoms with E-state index < -0.39 is 61.5 Å². The minimum atomic E-state index is -7.94.